The van der Waals surface area contributed by atoms with Crippen LogP contribution in [0.5, 0.6) is 0 Å². The molecule has 1 aliphatic rings. The fourth-order valence-electron chi connectivity index (χ4n) is 1.70. The molecule has 1 aromatic carbocycles. The van der Waals surface area contributed by atoms with E-state index in [4.69, 9.17) is 5.11 Å². The highest BCUT2D eigenvalue weighted by Gasteiger charge is 2.23. The number of aliphatic carboxylic acids is 1. The van der Waals surface area contributed by atoms with Crippen molar-refractivity contribution in [2.75, 3.05) is 12.3 Å². The molecule has 0 spiro atoms. The molecule has 1 aliphatic heterocycles. The molecule has 0 aliphatic carbocycles. The molecule has 100 valence electrons. The first kappa shape index (κ1) is 13.6. The van der Waals surface area contributed by atoms with E-state index in [2.05, 4.69) is 5.10 Å². The third-order valence-corrected chi connectivity index (χ3v) is 3.66. The second kappa shape index (κ2) is 6.38. The van der Waals surface area contributed by atoms with Gasteiger partial charge in [-0.3, -0.25) is 4.79 Å². The number of carboxylic acids is 1. The molecular weight excluding hydrogens is 264 g/mol. The average Bonchev–Trinajstić information content (AvgIpc) is 2.42. The van der Waals surface area contributed by atoms with Crippen LogP contribution in [0.2, 0.25) is 0 Å². The van der Waals surface area contributed by atoms with Gasteiger partial charge in [0.15, 0.2) is 0 Å². The number of nitrogens with zero attached hydrogens (tertiary/aromatic N) is 2. The molecule has 19 heavy (non-hydrogen) atoms. The summed E-state index contributed by atoms with van der Waals surface area (Å²) in [5.41, 5.74) is 0.0595. The lowest BCUT2D eigenvalue weighted by molar-refractivity contribution is -0.132. The van der Waals surface area contributed by atoms with Gasteiger partial charge in [0.1, 0.15) is 5.71 Å². The smallest absolute Gasteiger partial charge is 0.352 e. The summed E-state index contributed by atoms with van der Waals surface area (Å²) in [4.78, 5) is 23.6. The van der Waals surface area contributed by atoms with Gasteiger partial charge in [0.2, 0.25) is 5.91 Å². The normalized spacial score (nSPS) is 15.3. The van der Waals surface area contributed by atoms with Crippen LogP contribution >= 0.6 is 11.8 Å². The molecule has 0 bridgehead atoms. The molecule has 0 saturated heterocycles. The molecule has 1 heterocycles. The number of rotatable bonds is 5. The number of hydrazone groups is 1. The number of carbonyl (C=O) groups is 2. The number of hydrogen-bond acceptors (Lipinski definition) is 4. The molecule has 0 unspecified atom stereocenters. The molecule has 1 aromatic rings. The van der Waals surface area contributed by atoms with E-state index in [9.17, 15) is 9.59 Å². The predicted octanol–water partition coefficient (Wildman–Crippen LogP) is 1.84. The minimum atomic E-state index is -1.05. The average molecular weight is 278 g/mol. The molecule has 0 radical (unpaired) electrons. The second-order valence-corrected chi connectivity index (χ2v) is 5.20. The Labute approximate surface area is 115 Å². The number of carboxylic acid groups (broad SMARTS) is 1. The van der Waals surface area contributed by atoms with Gasteiger partial charge in [0.05, 0.1) is 6.54 Å². The first-order valence-corrected chi connectivity index (χ1v) is 6.94. The Morgan fingerprint density at radius 1 is 1.32 bits per heavy atom. The molecule has 0 fully saturated rings. The van der Waals surface area contributed by atoms with E-state index in [0.717, 1.165) is 4.90 Å². The van der Waals surface area contributed by atoms with Crippen molar-refractivity contribution in [3.63, 3.8) is 0 Å². The highest BCUT2D eigenvalue weighted by Crippen LogP contribution is 2.18. The minimum absolute atomic E-state index is 0.0595. The third kappa shape index (κ3) is 3.82. The zero-order chi connectivity index (χ0) is 13.7. The number of thioether (sulfide) groups is 1. The van der Waals surface area contributed by atoms with Gasteiger partial charge in [-0.1, -0.05) is 18.2 Å². The topological polar surface area (TPSA) is 70.0 Å². The van der Waals surface area contributed by atoms with Crippen LogP contribution in [0, 0.1) is 0 Å². The number of hydrogen-bond donors (Lipinski definition) is 1. The maximum absolute atomic E-state index is 11.6. The zero-order valence-corrected chi connectivity index (χ0v) is 11.1. The maximum Gasteiger partial charge on any atom is 0.352 e. The van der Waals surface area contributed by atoms with Crippen LogP contribution in [0.4, 0.5) is 0 Å². The summed E-state index contributed by atoms with van der Waals surface area (Å²) >= 11 is 1.62. The van der Waals surface area contributed by atoms with Crippen molar-refractivity contribution >= 4 is 29.4 Å². The number of carbonyl (C=O) groups excluding carboxylic acids is 1. The van der Waals surface area contributed by atoms with Crippen molar-refractivity contribution in [1.29, 1.82) is 0 Å². The van der Waals surface area contributed by atoms with E-state index < -0.39 is 5.97 Å². The van der Waals surface area contributed by atoms with Crippen LogP contribution in [0.15, 0.2) is 40.3 Å². The first-order valence-electron chi connectivity index (χ1n) is 5.96. The Hall–Kier alpha value is -1.82. The summed E-state index contributed by atoms with van der Waals surface area (Å²) in [5, 5.41) is 14.0. The second-order valence-electron chi connectivity index (χ2n) is 4.03. The summed E-state index contributed by atoms with van der Waals surface area (Å²) in [6, 6.07) is 9.84. The van der Waals surface area contributed by atoms with E-state index >= 15 is 0 Å². The van der Waals surface area contributed by atoms with Crippen molar-refractivity contribution in [3.05, 3.63) is 30.3 Å². The van der Waals surface area contributed by atoms with Gasteiger partial charge in [0.25, 0.3) is 0 Å². The molecule has 2 rings (SSSR count). The highest BCUT2D eigenvalue weighted by molar-refractivity contribution is 7.99. The van der Waals surface area contributed by atoms with Crippen molar-refractivity contribution in [3.8, 4) is 0 Å². The van der Waals surface area contributed by atoms with E-state index in [0.29, 0.717) is 12.3 Å². The van der Waals surface area contributed by atoms with Gasteiger partial charge in [-0.05, 0) is 12.1 Å². The molecule has 0 atom stereocenters. The van der Waals surface area contributed by atoms with E-state index in [-0.39, 0.29) is 24.5 Å². The van der Waals surface area contributed by atoms with Crippen LogP contribution < -0.4 is 0 Å². The molecule has 6 heteroatoms. The Balaban J connectivity index is 1.89. The number of benzene rings is 1. The summed E-state index contributed by atoms with van der Waals surface area (Å²) in [6.07, 6.45) is 0.442. The molecule has 5 nitrogen and oxygen atoms in total. The van der Waals surface area contributed by atoms with Gasteiger partial charge >= 0.3 is 5.97 Å². The summed E-state index contributed by atoms with van der Waals surface area (Å²) in [6.45, 7) is 0.426. The molecule has 0 aromatic heterocycles. The molecule has 1 amide bonds. The maximum atomic E-state index is 11.6. The van der Waals surface area contributed by atoms with Gasteiger partial charge in [-0.15, -0.1) is 11.8 Å². The van der Waals surface area contributed by atoms with Gasteiger partial charge in [-0.2, -0.15) is 5.10 Å². The van der Waals surface area contributed by atoms with Crippen molar-refractivity contribution < 1.29 is 14.7 Å². The van der Waals surface area contributed by atoms with Crippen molar-refractivity contribution in [2.24, 2.45) is 5.10 Å². The third-order valence-electron chi connectivity index (χ3n) is 2.67. The fourth-order valence-corrected chi connectivity index (χ4v) is 2.55. The predicted molar refractivity (Wildman–Crippen MR) is 73.2 cm³/mol. The van der Waals surface area contributed by atoms with Gasteiger partial charge in [0, 0.05) is 23.5 Å². The van der Waals surface area contributed by atoms with Crippen LogP contribution in [0.3, 0.4) is 0 Å². The van der Waals surface area contributed by atoms with Gasteiger partial charge in [-0.25, -0.2) is 9.80 Å². The minimum Gasteiger partial charge on any atom is -0.477 e. The lowest BCUT2D eigenvalue weighted by atomic mass is 10.2. The van der Waals surface area contributed by atoms with Crippen LogP contribution in [0.25, 0.3) is 0 Å². The van der Waals surface area contributed by atoms with Crippen molar-refractivity contribution in [2.45, 2.75) is 17.7 Å². The molecular formula is C13H14N2O3S. The Bertz CT molecular complexity index is 502. The Morgan fingerprint density at radius 2 is 2.05 bits per heavy atom. The van der Waals surface area contributed by atoms with Crippen LogP contribution in [0.1, 0.15) is 12.8 Å². The quantitative estimate of drug-likeness (QED) is 0.834. The Morgan fingerprint density at radius 3 is 2.74 bits per heavy atom. The highest BCUT2D eigenvalue weighted by atomic mass is 32.2. The fraction of sp³-hybridized carbons (Fsp3) is 0.308. The van der Waals surface area contributed by atoms with E-state index in [1.165, 1.54) is 5.01 Å². The van der Waals surface area contributed by atoms with Gasteiger partial charge < -0.3 is 5.11 Å². The summed E-state index contributed by atoms with van der Waals surface area (Å²) in [5.74, 6) is -0.474. The standard InChI is InChI=1S/C13H14N2O3S/c16-12-7-6-11(13(17)18)14-15(12)8-9-19-10-4-2-1-3-5-10/h1-5H,6-9H2,(H,17,18). The van der Waals surface area contributed by atoms with Crippen molar-refractivity contribution in [1.82, 2.24) is 5.01 Å². The number of amides is 1. The van der Waals surface area contributed by atoms with Crippen LogP contribution in [-0.2, 0) is 9.59 Å². The first-order chi connectivity index (χ1) is 9.16. The zero-order valence-electron chi connectivity index (χ0n) is 10.3. The summed E-state index contributed by atoms with van der Waals surface area (Å²) < 4.78 is 0. The van der Waals surface area contributed by atoms with Crippen LogP contribution in [-0.4, -0.2) is 40.0 Å². The lowest BCUT2D eigenvalue weighted by Crippen LogP contribution is -2.35. The Kier molecular flexibility index (Phi) is 4.57. The SMILES string of the molecule is O=C(O)C1=NN(CCSc2ccccc2)C(=O)CC1. The summed E-state index contributed by atoms with van der Waals surface area (Å²) in [7, 11) is 0. The van der Waals surface area contributed by atoms with E-state index in [1.807, 2.05) is 30.3 Å². The largest absolute Gasteiger partial charge is 0.477 e. The lowest BCUT2D eigenvalue weighted by Gasteiger charge is -2.21. The molecule has 0 saturated carbocycles. The monoisotopic (exact) mass is 278 g/mol. The van der Waals surface area contributed by atoms with E-state index in [1.54, 1.807) is 11.8 Å². The molecule has 1 N–H and O–H groups in total.